The number of hydrogen-bond acceptors (Lipinski definition) is 2. The van der Waals surface area contributed by atoms with E-state index in [9.17, 15) is 0 Å². The summed E-state index contributed by atoms with van der Waals surface area (Å²) in [6.45, 7) is 6.39. The van der Waals surface area contributed by atoms with Gasteiger partial charge in [-0.25, -0.2) is 0 Å². The van der Waals surface area contributed by atoms with Crippen molar-refractivity contribution in [3.63, 3.8) is 0 Å². The van der Waals surface area contributed by atoms with Gasteiger partial charge in [0.25, 0.3) is 0 Å². The minimum Gasteiger partial charge on any atom is -0.316 e. The summed E-state index contributed by atoms with van der Waals surface area (Å²) in [6, 6.07) is 11.2. The minimum absolute atomic E-state index is 0.570. The van der Waals surface area contributed by atoms with Crippen molar-refractivity contribution in [2.45, 2.75) is 26.2 Å². The van der Waals surface area contributed by atoms with E-state index in [1.165, 1.54) is 16.7 Å². The summed E-state index contributed by atoms with van der Waals surface area (Å²) in [7, 11) is 0. The Hall–Kier alpha value is -1.12. The zero-order chi connectivity index (χ0) is 12.8. The maximum atomic E-state index is 3.48. The Morgan fingerprint density at radius 3 is 2.56 bits per heavy atom. The molecule has 1 aromatic carbocycles. The lowest BCUT2D eigenvalue weighted by Crippen LogP contribution is -2.22. The highest BCUT2D eigenvalue weighted by Crippen LogP contribution is 2.22. The average molecular weight is 259 g/mol. The summed E-state index contributed by atoms with van der Waals surface area (Å²) in [4.78, 5) is 0. The molecule has 2 heteroatoms. The first-order valence-corrected chi connectivity index (χ1v) is 7.52. The molecule has 1 atom stereocenters. The molecule has 18 heavy (non-hydrogen) atoms. The maximum absolute atomic E-state index is 3.48. The zero-order valence-corrected chi connectivity index (χ0v) is 12.0. The highest BCUT2D eigenvalue weighted by molar-refractivity contribution is 7.07. The molecule has 0 bridgehead atoms. The summed E-state index contributed by atoms with van der Waals surface area (Å²) < 4.78 is 0. The third kappa shape index (κ3) is 3.69. The van der Waals surface area contributed by atoms with Crippen LogP contribution in [0.25, 0.3) is 0 Å². The average Bonchev–Trinajstić information content (AvgIpc) is 2.88. The number of likely N-dealkylation sites (N-methyl/N-ethyl adjacent to an activating group) is 1. The molecular weight excluding hydrogens is 238 g/mol. The first kappa shape index (κ1) is 13.3. The third-order valence-electron chi connectivity index (χ3n) is 3.25. The van der Waals surface area contributed by atoms with Crippen LogP contribution in [0.2, 0.25) is 0 Å². The molecule has 0 spiro atoms. The van der Waals surface area contributed by atoms with E-state index < -0.39 is 0 Å². The van der Waals surface area contributed by atoms with E-state index in [1.54, 1.807) is 11.3 Å². The van der Waals surface area contributed by atoms with Crippen molar-refractivity contribution in [2.24, 2.45) is 0 Å². The van der Waals surface area contributed by atoms with Gasteiger partial charge < -0.3 is 5.32 Å². The quantitative estimate of drug-likeness (QED) is 0.827. The second kappa shape index (κ2) is 6.72. The molecule has 2 aromatic rings. The van der Waals surface area contributed by atoms with E-state index in [1.807, 2.05) is 0 Å². The molecule has 0 radical (unpaired) electrons. The number of aryl methyl sites for hydroxylation is 1. The second-order valence-electron chi connectivity index (χ2n) is 4.75. The van der Waals surface area contributed by atoms with Crippen LogP contribution >= 0.6 is 11.3 Å². The van der Waals surface area contributed by atoms with Gasteiger partial charge in [-0.05, 0) is 47.8 Å². The van der Waals surface area contributed by atoms with Gasteiger partial charge in [0.15, 0.2) is 0 Å². The van der Waals surface area contributed by atoms with E-state index >= 15 is 0 Å². The van der Waals surface area contributed by atoms with Gasteiger partial charge in [-0.1, -0.05) is 36.8 Å². The number of rotatable bonds is 6. The summed E-state index contributed by atoms with van der Waals surface area (Å²) in [5.74, 6) is 0.570. The normalized spacial score (nSPS) is 12.6. The SMILES string of the molecule is CCNCC(Cc1ccsc1)c1ccc(C)cc1. The van der Waals surface area contributed by atoms with E-state index in [-0.39, 0.29) is 0 Å². The molecule has 1 aromatic heterocycles. The standard InChI is InChI=1S/C16H21NS/c1-3-17-11-16(10-14-8-9-18-12-14)15-6-4-13(2)5-7-15/h4-9,12,16-17H,3,10-11H2,1-2H3. The molecule has 1 N–H and O–H groups in total. The number of thiophene rings is 1. The lowest BCUT2D eigenvalue weighted by Gasteiger charge is -2.17. The minimum atomic E-state index is 0.570. The Bertz CT molecular complexity index is 444. The number of benzene rings is 1. The van der Waals surface area contributed by atoms with Gasteiger partial charge in [-0.2, -0.15) is 11.3 Å². The van der Waals surface area contributed by atoms with Crippen molar-refractivity contribution in [1.82, 2.24) is 5.32 Å². The van der Waals surface area contributed by atoms with Gasteiger partial charge in [-0.15, -0.1) is 0 Å². The molecule has 0 aliphatic carbocycles. The number of nitrogens with one attached hydrogen (secondary N) is 1. The number of hydrogen-bond donors (Lipinski definition) is 1. The molecule has 0 aliphatic heterocycles. The Kier molecular flexibility index (Phi) is 4.97. The van der Waals surface area contributed by atoms with Gasteiger partial charge in [0.1, 0.15) is 0 Å². The largest absolute Gasteiger partial charge is 0.316 e. The van der Waals surface area contributed by atoms with Crippen LogP contribution in [0.5, 0.6) is 0 Å². The fraction of sp³-hybridized carbons (Fsp3) is 0.375. The third-order valence-corrected chi connectivity index (χ3v) is 3.98. The van der Waals surface area contributed by atoms with Crippen molar-refractivity contribution in [3.8, 4) is 0 Å². The van der Waals surface area contributed by atoms with E-state index in [0.717, 1.165) is 19.5 Å². The predicted octanol–water partition coefficient (Wildman–Crippen LogP) is 3.99. The molecular formula is C16H21NS. The molecule has 0 saturated carbocycles. The lowest BCUT2D eigenvalue weighted by molar-refractivity contribution is 0.595. The van der Waals surface area contributed by atoms with E-state index in [4.69, 9.17) is 0 Å². The molecule has 96 valence electrons. The summed E-state index contributed by atoms with van der Waals surface area (Å²) in [5.41, 5.74) is 4.22. The zero-order valence-electron chi connectivity index (χ0n) is 11.1. The van der Waals surface area contributed by atoms with Gasteiger partial charge in [0.2, 0.25) is 0 Å². The fourth-order valence-electron chi connectivity index (χ4n) is 2.16. The van der Waals surface area contributed by atoms with Crippen molar-refractivity contribution < 1.29 is 0 Å². The Labute approximate surface area is 114 Å². The van der Waals surface area contributed by atoms with Crippen LogP contribution in [0.4, 0.5) is 0 Å². The van der Waals surface area contributed by atoms with Gasteiger partial charge in [-0.3, -0.25) is 0 Å². The lowest BCUT2D eigenvalue weighted by atomic mass is 9.92. The summed E-state index contributed by atoms with van der Waals surface area (Å²) in [6.07, 6.45) is 1.12. The summed E-state index contributed by atoms with van der Waals surface area (Å²) in [5, 5.41) is 7.90. The monoisotopic (exact) mass is 259 g/mol. The van der Waals surface area contributed by atoms with Crippen LogP contribution in [-0.4, -0.2) is 13.1 Å². The predicted molar refractivity (Wildman–Crippen MR) is 80.5 cm³/mol. The van der Waals surface area contributed by atoms with Crippen molar-refractivity contribution in [2.75, 3.05) is 13.1 Å². The van der Waals surface area contributed by atoms with Crippen LogP contribution in [0, 0.1) is 6.92 Å². The highest BCUT2D eigenvalue weighted by atomic mass is 32.1. The highest BCUT2D eigenvalue weighted by Gasteiger charge is 2.12. The van der Waals surface area contributed by atoms with Crippen molar-refractivity contribution in [1.29, 1.82) is 0 Å². The smallest absolute Gasteiger partial charge is 0.00232 e. The molecule has 0 aliphatic rings. The first-order chi connectivity index (χ1) is 8.79. The van der Waals surface area contributed by atoms with Gasteiger partial charge in [0, 0.05) is 12.5 Å². The molecule has 1 nitrogen and oxygen atoms in total. The molecule has 0 saturated heterocycles. The first-order valence-electron chi connectivity index (χ1n) is 6.58. The van der Waals surface area contributed by atoms with Crippen molar-refractivity contribution >= 4 is 11.3 Å². The molecule has 1 heterocycles. The van der Waals surface area contributed by atoms with Crippen LogP contribution in [0.1, 0.15) is 29.5 Å². The molecule has 2 rings (SSSR count). The molecule has 0 fully saturated rings. The fourth-order valence-corrected chi connectivity index (χ4v) is 2.84. The Morgan fingerprint density at radius 2 is 1.94 bits per heavy atom. The maximum Gasteiger partial charge on any atom is 0.00232 e. The summed E-state index contributed by atoms with van der Waals surface area (Å²) >= 11 is 1.78. The molecule has 1 unspecified atom stereocenters. The topological polar surface area (TPSA) is 12.0 Å². The molecule has 0 amide bonds. The van der Waals surface area contributed by atoms with E-state index in [0.29, 0.717) is 5.92 Å². The van der Waals surface area contributed by atoms with Crippen LogP contribution < -0.4 is 5.32 Å². The second-order valence-corrected chi connectivity index (χ2v) is 5.53. The van der Waals surface area contributed by atoms with Crippen LogP contribution in [0.15, 0.2) is 41.1 Å². The van der Waals surface area contributed by atoms with E-state index in [2.05, 4.69) is 60.3 Å². The Morgan fingerprint density at radius 1 is 1.17 bits per heavy atom. The van der Waals surface area contributed by atoms with Gasteiger partial charge in [0.05, 0.1) is 0 Å². The van der Waals surface area contributed by atoms with Crippen LogP contribution in [-0.2, 0) is 6.42 Å². The van der Waals surface area contributed by atoms with Gasteiger partial charge >= 0.3 is 0 Å². The Balaban J connectivity index is 2.11. The van der Waals surface area contributed by atoms with Crippen LogP contribution in [0.3, 0.4) is 0 Å². The van der Waals surface area contributed by atoms with Crippen molar-refractivity contribution in [3.05, 3.63) is 57.8 Å².